The minimum atomic E-state index is -0.128. The average molecular weight is 330 g/mol. The monoisotopic (exact) mass is 330 g/mol. The number of hydrazone groups is 1. The summed E-state index contributed by atoms with van der Waals surface area (Å²) in [5.41, 5.74) is 5.75. The highest BCUT2D eigenvalue weighted by molar-refractivity contribution is 7.10. The lowest BCUT2D eigenvalue weighted by Crippen LogP contribution is -2.27. The Labute approximate surface area is 140 Å². The van der Waals surface area contributed by atoms with Gasteiger partial charge in [0.2, 0.25) is 0 Å². The zero-order valence-electron chi connectivity index (χ0n) is 13.8. The Morgan fingerprint density at radius 3 is 3.00 bits per heavy atom. The van der Waals surface area contributed by atoms with Crippen LogP contribution in [0.3, 0.4) is 0 Å². The molecule has 0 spiro atoms. The fraction of sp³-hybridized carbons (Fsp3) is 0.444. The molecule has 0 aromatic carbocycles. The second kappa shape index (κ2) is 6.32. The standard InChI is InChI=1S/C18H22N2O2S/c1-18(2,3)13-4-5-14-15(11-23-16(14)8-13)17(21)20-19-9-12-6-7-22-10-12/h6-7,9-11,13H,4-5,8H2,1-3H3,(H,20,21)/b19-9-/t13-/m0/s1. The van der Waals surface area contributed by atoms with E-state index in [1.165, 1.54) is 10.4 Å². The van der Waals surface area contributed by atoms with Gasteiger partial charge >= 0.3 is 0 Å². The molecule has 1 aliphatic rings. The smallest absolute Gasteiger partial charge is 0.272 e. The maximum atomic E-state index is 12.3. The SMILES string of the molecule is CC(C)(C)[C@H]1CCc2c(C(=O)N/N=C\c3ccoc3)csc2C1. The molecule has 0 radical (unpaired) electrons. The molecule has 122 valence electrons. The molecule has 4 nitrogen and oxygen atoms in total. The molecule has 1 N–H and O–H groups in total. The molecular formula is C18H22N2O2S. The van der Waals surface area contributed by atoms with Crippen molar-refractivity contribution in [3.8, 4) is 0 Å². The van der Waals surface area contributed by atoms with Gasteiger partial charge in [0.1, 0.15) is 0 Å². The lowest BCUT2D eigenvalue weighted by Gasteiger charge is -2.33. The molecule has 2 heterocycles. The van der Waals surface area contributed by atoms with E-state index < -0.39 is 0 Å². The number of hydrogen-bond acceptors (Lipinski definition) is 4. The Kier molecular flexibility index (Phi) is 4.39. The van der Waals surface area contributed by atoms with Crippen LogP contribution in [0.5, 0.6) is 0 Å². The van der Waals surface area contributed by atoms with Gasteiger partial charge in [0, 0.05) is 15.8 Å². The van der Waals surface area contributed by atoms with Crippen LogP contribution in [0.15, 0.2) is 33.5 Å². The van der Waals surface area contributed by atoms with Gasteiger partial charge in [0.15, 0.2) is 0 Å². The minimum absolute atomic E-state index is 0.128. The summed E-state index contributed by atoms with van der Waals surface area (Å²) in [4.78, 5) is 13.7. The molecule has 0 unspecified atom stereocenters. The molecule has 1 amide bonds. The fourth-order valence-electron chi connectivity index (χ4n) is 3.02. The number of nitrogens with zero attached hydrogens (tertiary/aromatic N) is 1. The van der Waals surface area contributed by atoms with Gasteiger partial charge in [-0.15, -0.1) is 11.3 Å². The predicted molar refractivity (Wildman–Crippen MR) is 93.1 cm³/mol. The first-order valence-corrected chi connectivity index (χ1v) is 8.78. The van der Waals surface area contributed by atoms with E-state index in [4.69, 9.17) is 4.42 Å². The summed E-state index contributed by atoms with van der Waals surface area (Å²) in [5, 5.41) is 5.96. The zero-order chi connectivity index (χ0) is 16.4. The van der Waals surface area contributed by atoms with Crippen LogP contribution in [-0.4, -0.2) is 12.1 Å². The van der Waals surface area contributed by atoms with Crippen molar-refractivity contribution >= 4 is 23.5 Å². The van der Waals surface area contributed by atoms with E-state index in [1.807, 2.05) is 5.38 Å². The Morgan fingerprint density at radius 1 is 1.48 bits per heavy atom. The van der Waals surface area contributed by atoms with Crippen molar-refractivity contribution in [3.63, 3.8) is 0 Å². The van der Waals surface area contributed by atoms with Crippen LogP contribution in [0.4, 0.5) is 0 Å². The number of thiophene rings is 1. The van der Waals surface area contributed by atoms with Crippen LogP contribution in [-0.2, 0) is 12.8 Å². The van der Waals surface area contributed by atoms with Crippen molar-refractivity contribution in [1.29, 1.82) is 0 Å². The Hall–Kier alpha value is -1.88. The lowest BCUT2D eigenvalue weighted by atomic mass is 9.72. The number of nitrogens with one attached hydrogen (secondary N) is 1. The minimum Gasteiger partial charge on any atom is -0.472 e. The van der Waals surface area contributed by atoms with E-state index in [0.717, 1.165) is 30.4 Å². The number of rotatable bonds is 3. The fourth-order valence-corrected chi connectivity index (χ4v) is 4.18. The molecule has 0 bridgehead atoms. The third-order valence-corrected chi connectivity index (χ3v) is 5.60. The summed E-state index contributed by atoms with van der Waals surface area (Å²) >= 11 is 1.70. The van der Waals surface area contributed by atoms with Crippen molar-refractivity contribution < 1.29 is 9.21 Å². The van der Waals surface area contributed by atoms with Crippen molar-refractivity contribution in [3.05, 3.63) is 45.5 Å². The van der Waals surface area contributed by atoms with Crippen LogP contribution in [0.25, 0.3) is 0 Å². The second-order valence-corrected chi connectivity index (χ2v) is 8.08. The van der Waals surface area contributed by atoms with Gasteiger partial charge in [-0.25, -0.2) is 5.43 Å². The molecule has 0 saturated carbocycles. The third-order valence-electron chi connectivity index (χ3n) is 4.55. The largest absolute Gasteiger partial charge is 0.472 e. The summed E-state index contributed by atoms with van der Waals surface area (Å²) in [7, 11) is 0. The highest BCUT2D eigenvalue weighted by atomic mass is 32.1. The van der Waals surface area contributed by atoms with Crippen molar-refractivity contribution in [2.24, 2.45) is 16.4 Å². The van der Waals surface area contributed by atoms with Crippen LogP contribution in [0.2, 0.25) is 0 Å². The van der Waals surface area contributed by atoms with Crippen LogP contribution in [0.1, 0.15) is 53.6 Å². The molecule has 0 aliphatic heterocycles. The number of fused-ring (bicyclic) bond motifs is 1. The summed E-state index contributed by atoms with van der Waals surface area (Å²) in [6.45, 7) is 6.90. The average Bonchev–Trinajstić information content (AvgIpc) is 3.14. The van der Waals surface area contributed by atoms with Crippen molar-refractivity contribution in [1.82, 2.24) is 5.43 Å². The van der Waals surface area contributed by atoms with Gasteiger partial charge in [0.25, 0.3) is 5.91 Å². The molecule has 0 fully saturated rings. The van der Waals surface area contributed by atoms with Gasteiger partial charge in [0.05, 0.1) is 24.3 Å². The Morgan fingerprint density at radius 2 is 2.30 bits per heavy atom. The van der Waals surface area contributed by atoms with Crippen molar-refractivity contribution in [2.75, 3.05) is 0 Å². The van der Waals surface area contributed by atoms with Crippen LogP contribution < -0.4 is 5.43 Å². The highest BCUT2D eigenvalue weighted by Gasteiger charge is 2.31. The van der Waals surface area contributed by atoms with Crippen molar-refractivity contribution in [2.45, 2.75) is 40.0 Å². The molecule has 1 atom stereocenters. The van der Waals surface area contributed by atoms with E-state index in [1.54, 1.807) is 36.1 Å². The van der Waals surface area contributed by atoms with Gasteiger partial charge in [-0.1, -0.05) is 20.8 Å². The maximum Gasteiger partial charge on any atom is 0.272 e. The van der Waals surface area contributed by atoms with Gasteiger partial charge in [-0.2, -0.15) is 5.10 Å². The first kappa shape index (κ1) is 16.0. The first-order valence-electron chi connectivity index (χ1n) is 7.90. The number of amides is 1. The summed E-state index contributed by atoms with van der Waals surface area (Å²) in [6, 6.07) is 1.79. The van der Waals surface area contributed by atoms with E-state index in [-0.39, 0.29) is 5.91 Å². The quantitative estimate of drug-likeness (QED) is 0.675. The van der Waals surface area contributed by atoms with Crippen LogP contribution >= 0.6 is 11.3 Å². The number of carbonyl (C=O) groups excluding carboxylic acids is 1. The Bertz CT molecular complexity index is 708. The zero-order valence-corrected chi connectivity index (χ0v) is 14.6. The summed E-state index contributed by atoms with van der Waals surface area (Å²) in [5.74, 6) is 0.556. The lowest BCUT2D eigenvalue weighted by molar-refractivity contribution is 0.0954. The number of furan rings is 1. The predicted octanol–water partition coefficient (Wildman–Crippen LogP) is 4.26. The van der Waals surface area contributed by atoms with E-state index in [0.29, 0.717) is 11.3 Å². The normalized spacial score (nSPS) is 18.1. The summed E-state index contributed by atoms with van der Waals surface area (Å²) < 4.78 is 4.95. The molecule has 2 aromatic rings. The molecule has 0 saturated heterocycles. The second-order valence-electron chi connectivity index (χ2n) is 7.11. The molecule has 5 heteroatoms. The highest BCUT2D eigenvalue weighted by Crippen LogP contribution is 2.40. The first-order chi connectivity index (χ1) is 10.9. The number of carbonyl (C=O) groups is 1. The molecule has 3 rings (SSSR count). The third kappa shape index (κ3) is 3.55. The van der Waals surface area contributed by atoms with Gasteiger partial charge < -0.3 is 4.42 Å². The number of hydrogen-bond donors (Lipinski definition) is 1. The van der Waals surface area contributed by atoms with E-state index in [9.17, 15) is 4.79 Å². The topological polar surface area (TPSA) is 54.6 Å². The van der Waals surface area contributed by atoms with Crippen LogP contribution in [0, 0.1) is 11.3 Å². The Balaban J connectivity index is 1.68. The van der Waals surface area contributed by atoms with E-state index in [2.05, 4.69) is 31.3 Å². The molecule has 23 heavy (non-hydrogen) atoms. The maximum absolute atomic E-state index is 12.3. The van der Waals surface area contributed by atoms with E-state index >= 15 is 0 Å². The molecule has 1 aliphatic carbocycles. The van der Waals surface area contributed by atoms with Gasteiger partial charge in [-0.3, -0.25) is 4.79 Å². The van der Waals surface area contributed by atoms with Gasteiger partial charge in [-0.05, 0) is 42.2 Å². The summed E-state index contributed by atoms with van der Waals surface area (Å²) in [6.07, 6.45) is 7.94. The molecule has 2 aromatic heterocycles. The molecular weight excluding hydrogens is 308 g/mol.